The van der Waals surface area contributed by atoms with Crippen LogP contribution in [0.5, 0.6) is 0 Å². The molecule has 1 heterocycles. The second kappa shape index (κ2) is 4.49. The van der Waals surface area contributed by atoms with Gasteiger partial charge in [0.05, 0.1) is 11.8 Å². The highest BCUT2D eigenvalue weighted by Crippen LogP contribution is 2.16. The number of hydrogen-bond donors (Lipinski definition) is 2. The highest BCUT2D eigenvalue weighted by Gasteiger charge is 2.10. The fourth-order valence-electron chi connectivity index (χ4n) is 1.34. The van der Waals surface area contributed by atoms with E-state index >= 15 is 0 Å². The van der Waals surface area contributed by atoms with Gasteiger partial charge in [0.25, 0.3) is 5.91 Å². The van der Waals surface area contributed by atoms with Crippen LogP contribution < -0.4 is 5.32 Å². The number of carbonyl (C=O) groups excluding carboxylic acids is 1. The van der Waals surface area contributed by atoms with Crippen LogP contribution in [0.15, 0.2) is 34.9 Å². The van der Waals surface area contributed by atoms with Crippen LogP contribution in [0.4, 0.5) is 5.69 Å². The van der Waals surface area contributed by atoms with Crippen LogP contribution in [0.25, 0.3) is 0 Å². The fourth-order valence-corrected chi connectivity index (χ4v) is 1.74. The number of aromatic nitrogens is 2. The molecule has 1 aromatic carbocycles. The second-order valence-electron chi connectivity index (χ2n) is 3.37. The second-order valence-corrected chi connectivity index (χ2v) is 4.29. The van der Waals surface area contributed by atoms with E-state index in [1.807, 2.05) is 31.2 Å². The third-order valence-corrected chi connectivity index (χ3v) is 2.65. The minimum atomic E-state index is -0.163. The van der Waals surface area contributed by atoms with Crippen molar-refractivity contribution in [3.05, 3.63) is 46.2 Å². The number of hydrogen-bond acceptors (Lipinski definition) is 2. The molecule has 16 heavy (non-hydrogen) atoms. The van der Waals surface area contributed by atoms with Crippen molar-refractivity contribution in [2.24, 2.45) is 0 Å². The van der Waals surface area contributed by atoms with Crippen LogP contribution in [0.1, 0.15) is 16.1 Å². The average molecular weight is 280 g/mol. The van der Waals surface area contributed by atoms with E-state index in [1.54, 1.807) is 0 Å². The number of nitrogens with zero attached hydrogens (tertiary/aromatic N) is 1. The molecule has 82 valence electrons. The summed E-state index contributed by atoms with van der Waals surface area (Å²) >= 11 is 3.35. The fraction of sp³-hybridized carbons (Fsp3) is 0.0909. The van der Waals surface area contributed by atoms with Crippen molar-refractivity contribution >= 4 is 27.5 Å². The van der Waals surface area contributed by atoms with Gasteiger partial charge in [-0.1, -0.05) is 22.0 Å². The number of aromatic amines is 1. The maximum Gasteiger partial charge on any atom is 0.259 e. The zero-order chi connectivity index (χ0) is 11.5. The molecule has 0 aliphatic carbocycles. The van der Waals surface area contributed by atoms with E-state index in [0.717, 1.165) is 15.9 Å². The first kappa shape index (κ1) is 10.9. The summed E-state index contributed by atoms with van der Waals surface area (Å²) in [6, 6.07) is 7.44. The highest BCUT2D eigenvalue weighted by atomic mass is 79.9. The van der Waals surface area contributed by atoms with Crippen LogP contribution in [-0.4, -0.2) is 16.1 Å². The molecule has 0 aliphatic heterocycles. The van der Waals surface area contributed by atoms with Crippen molar-refractivity contribution in [1.82, 2.24) is 10.2 Å². The molecule has 0 unspecified atom stereocenters. The monoisotopic (exact) mass is 279 g/mol. The van der Waals surface area contributed by atoms with Gasteiger partial charge in [-0.2, -0.15) is 5.10 Å². The molecule has 2 aromatic rings. The van der Waals surface area contributed by atoms with Crippen LogP contribution in [-0.2, 0) is 0 Å². The molecule has 0 bridgehead atoms. The number of halogens is 1. The number of anilines is 1. The minimum Gasteiger partial charge on any atom is -0.322 e. The molecule has 0 fully saturated rings. The van der Waals surface area contributed by atoms with Crippen molar-refractivity contribution in [2.75, 3.05) is 5.32 Å². The molecule has 0 radical (unpaired) electrons. The van der Waals surface area contributed by atoms with E-state index in [9.17, 15) is 4.79 Å². The summed E-state index contributed by atoms with van der Waals surface area (Å²) in [5, 5.41) is 9.33. The maximum atomic E-state index is 11.8. The summed E-state index contributed by atoms with van der Waals surface area (Å²) in [6.07, 6.45) is 1.52. The third kappa shape index (κ3) is 2.30. The number of rotatable bonds is 2. The molecule has 0 aliphatic rings. The molecule has 0 saturated heterocycles. The Labute approximate surface area is 101 Å². The average Bonchev–Trinajstić information content (AvgIpc) is 2.64. The van der Waals surface area contributed by atoms with Crippen molar-refractivity contribution in [3.63, 3.8) is 0 Å². The molecule has 1 aromatic heterocycles. The lowest BCUT2D eigenvalue weighted by Crippen LogP contribution is -2.12. The molecular formula is C11H10BrN3O. The number of amides is 1. The van der Waals surface area contributed by atoms with Gasteiger partial charge in [0, 0.05) is 15.9 Å². The SMILES string of the molecule is Cc1[nH]ncc1C(=O)Nc1cccc(Br)c1. The van der Waals surface area contributed by atoms with Gasteiger partial charge in [0.1, 0.15) is 0 Å². The lowest BCUT2D eigenvalue weighted by Gasteiger charge is -2.04. The van der Waals surface area contributed by atoms with Crippen LogP contribution in [0, 0.1) is 6.92 Å². The summed E-state index contributed by atoms with van der Waals surface area (Å²) in [5.74, 6) is -0.163. The van der Waals surface area contributed by atoms with Crippen LogP contribution in [0.3, 0.4) is 0 Å². The standard InChI is InChI=1S/C11H10BrN3O/c1-7-10(6-13-15-7)11(16)14-9-4-2-3-8(12)5-9/h2-6H,1H3,(H,13,15)(H,14,16). The summed E-state index contributed by atoms with van der Waals surface area (Å²) in [4.78, 5) is 11.8. The van der Waals surface area contributed by atoms with Gasteiger partial charge in [-0.15, -0.1) is 0 Å². The van der Waals surface area contributed by atoms with Crippen molar-refractivity contribution < 1.29 is 4.79 Å². The van der Waals surface area contributed by atoms with E-state index in [0.29, 0.717) is 5.56 Å². The first-order chi connectivity index (χ1) is 7.66. The molecule has 0 spiro atoms. The Morgan fingerprint density at radius 3 is 2.94 bits per heavy atom. The lowest BCUT2D eigenvalue weighted by molar-refractivity contribution is 0.102. The molecule has 0 saturated carbocycles. The predicted octanol–water partition coefficient (Wildman–Crippen LogP) is 2.73. The number of nitrogens with one attached hydrogen (secondary N) is 2. The Balaban J connectivity index is 2.17. The van der Waals surface area contributed by atoms with Crippen molar-refractivity contribution in [2.45, 2.75) is 6.92 Å². The summed E-state index contributed by atoms with van der Waals surface area (Å²) in [5.41, 5.74) is 2.06. The minimum absolute atomic E-state index is 0.163. The van der Waals surface area contributed by atoms with Gasteiger partial charge in [-0.3, -0.25) is 9.89 Å². The van der Waals surface area contributed by atoms with Gasteiger partial charge in [0.15, 0.2) is 0 Å². The molecule has 2 N–H and O–H groups in total. The van der Waals surface area contributed by atoms with E-state index in [4.69, 9.17) is 0 Å². The Bertz CT molecular complexity index is 521. The number of aryl methyl sites for hydroxylation is 1. The molecule has 1 amide bonds. The van der Waals surface area contributed by atoms with Gasteiger partial charge in [-0.05, 0) is 25.1 Å². The first-order valence-corrected chi connectivity index (χ1v) is 5.53. The van der Waals surface area contributed by atoms with Crippen molar-refractivity contribution in [3.8, 4) is 0 Å². The highest BCUT2D eigenvalue weighted by molar-refractivity contribution is 9.10. The van der Waals surface area contributed by atoms with E-state index in [1.165, 1.54) is 6.20 Å². The largest absolute Gasteiger partial charge is 0.322 e. The van der Waals surface area contributed by atoms with E-state index in [-0.39, 0.29) is 5.91 Å². The van der Waals surface area contributed by atoms with Crippen molar-refractivity contribution in [1.29, 1.82) is 0 Å². The van der Waals surface area contributed by atoms with Crippen LogP contribution >= 0.6 is 15.9 Å². The Hall–Kier alpha value is -1.62. The quantitative estimate of drug-likeness (QED) is 0.888. The van der Waals surface area contributed by atoms with Gasteiger partial charge < -0.3 is 5.32 Å². The van der Waals surface area contributed by atoms with E-state index in [2.05, 4.69) is 31.4 Å². The zero-order valence-corrected chi connectivity index (χ0v) is 10.2. The predicted molar refractivity (Wildman–Crippen MR) is 65.4 cm³/mol. The Morgan fingerprint density at radius 2 is 2.31 bits per heavy atom. The smallest absolute Gasteiger partial charge is 0.259 e. The molecule has 0 atom stereocenters. The molecule has 5 heteroatoms. The normalized spacial score (nSPS) is 10.1. The van der Waals surface area contributed by atoms with Gasteiger partial charge in [0.2, 0.25) is 0 Å². The molecule has 4 nitrogen and oxygen atoms in total. The number of carbonyl (C=O) groups is 1. The zero-order valence-electron chi connectivity index (χ0n) is 8.62. The molecular weight excluding hydrogens is 270 g/mol. The van der Waals surface area contributed by atoms with Gasteiger partial charge >= 0.3 is 0 Å². The number of benzene rings is 1. The Morgan fingerprint density at radius 1 is 1.50 bits per heavy atom. The first-order valence-electron chi connectivity index (χ1n) is 4.73. The molecule has 2 rings (SSSR count). The Kier molecular flexibility index (Phi) is 3.05. The lowest BCUT2D eigenvalue weighted by atomic mass is 10.2. The number of H-pyrrole nitrogens is 1. The van der Waals surface area contributed by atoms with Crippen LogP contribution in [0.2, 0.25) is 0 Å². The third-order valence-electron chi connectivity index (χ3n) is 2.16. The van der Waals surface area contributed by atoms with Gasteiger partial charge in [-0.25, -0.2) is 0 Å². The summed E-state index contributed by atoms with van der Waals surface area (Å²) in [6.45, 7) is 1.81. The van der Waals surface area contributed by atoms with E-state index < -0.39 is 0 Å². The summed E-state index contributed by atoms with van der Waals surface area (Å²) in [7, 11) is 0. The topological polar surface area (TPSA) is 57.8 Å². The summed E-state index contributed by atoms with van der Waals surface area (Å²) < 4.78 is 0.925. The maximum absolute atomic E-state index is 11.8.